The summed E-state index contributed by atoms with van der Waals surface area (Å²) in [4.78, 5) is 26.7. The first-order chi connectivity index (χ1) is 13.4. The fourth-order valence-electron chi connectivity index (χ4n) is 3.17. The molecule has 0 aliphatic carbocycles. The van der Waals surface area contributed by atoms with Crippen molar-refractivity contribution in [2.75, 3.05) is 13.2 Å². The molecule has 1 unspecified atom stereocenters. The van der Waals surface area contributed by atoms with Crippen LogP contribution in [-0.4, -0.2) is 41.0 Å². The zero-order valence-electron chi connectivity index (χ0n) is 15.7. The second-order valence-corrected chi connectivity index (χ2v) is 6.79. The summed E-state index contributed by atoms with van der Waals surface area (Å²) in [6.45, 7) is 4.53. The SMILES string of the molecule is CC(C)OCCCN1C(=O)C(=O)/C(=C(\O)c2ccc(F)cc2)C1c1ccco1. The van der Waals surface area contributed by atoms with Crippen molar-refractivity contribution in [2.24, 2.45) is 0 Å². The number of carbonyl (C=O) groups is 2. The number of carbonyl (C=O) groups excluding carboxylic acids is 2. The molecule has 1 amide bonds. The van der Waals surface area contributed by atoms with Crippen molar-refractivity contribution < 1.29 is 28.2 Å². The van der Waals surface area contributed by atoms with Crippen molar-refractivity contribution in [1.82, 2.24) is 4.90 Å². The molecule has 0 radical (unpaired) electrons. The maximum Gasteiger partial charge on any atom is 0.295 e. The second-order valence-electron chi connectivity index (χ2n) is 6.79. The van der Waals surface area contributed by atoms with Gasteiger partial charge < -0.3 is 19.2 Å². The summed E-state index contributed by atoms with van der Waals surface area (Å²) in [5, 5.41) is 10.7. The Morgan fingerprint density at radius 2 is 1.96 bits per heavy atom. The van der Waals surface area contributed by atoms with Crippen LogP contribution in [0.15, 0.2) is 52.7 Å². The minimum atomic E-state index is -0.848. The van der Waals surface area contributed by atoms with Gasteiger partial charge in [-0.05, 0) is 56.7 Å². The molecule has 2 heterocycles. The minimum Gasteiger partial charge on any atom is -0.507 e. The molecule has 7 heteroatoms. The van der Waals surface area contributed by atoms with E-state index in [2.05, 4.69) is 0 Å². The van der Waals surface area contributed by atoms with E-state index in [0.29, 0.717) is 18.8 Å². The lowest BCUT2D eigenvalue weighted by Gasteiger charge is -2.23. The van der Waals surface area contributed by atoms with Gasteiger partial charge in [-0.3, -0.25) is 9.59 Å². The average Bonchev–Trinajstić information content (AvgIpc) is 3.27. The molecule has 1 aromatic carbocycles. The molecule has 1 aliphatic rings. The van der Waals surface area contributed by atoms with Gasteiger partial charge in [-0.25, -0.2) is 4.39 Å². The molecule has 1 saturated heterocycles. The lowest BCUT2D eigenvalue weighted by Crippen LogP contribution is -2.31. The maximum absolute atomic E-state index is 13.2. The Morgan fingerprint density at radius 3 is 2.57 bits per heavy atom. The smallest absolute Gasteiger partial charge is 0.295 e. The molecule has 148 valence electrons. The molecule has 1 atom stereocenters. The molecule has 28 heavy (non-hydrogen) atoms. The number of hydrogen-bond donors (Lipinski definition) is 1. The topological polar surface area (TPSA) is 80.0 Å². The van der Waals surface area contributed by atoms with Crippen LogP contribution in [0.3, 0.4) is 0 Å². The van der Waals surface area contributed by atoms with Crippen LogP contribution in [-0.2, 0) is 14.3 Å². The minimum absolute atomic E-state index is 0.0646. The van der Waals surface area contributed by atoms with E-state index < -0.39 is 23.5 Å². The lowest BCUT2D eigenvalue weighted by molar-refractivity contribution is -0.140. The van der Waals surface area contributed by atoms with E-state index in [1.807, 2.05) is 13.8 Å². The van der Waals surface area contributed by atoms with Crippen molar-refractivity contribution in [3.05, 3.63) is 65.4 Å². The number of Topliss-reactive ketones (excluding diaryl/α,β-unsaturated/α-hetero) is 1. The Hall–Kier alpha value is -2.93. The number of hydrogen-bond acceptors (Lipinski definition) is 5. The standard InChI is InChI=1S/C21H22FNO5/c1-13(2)27-12-4-10-23-18(16-5-3-11-28-16)17(20(25)21(23)26)19(24)14-6-8-15(22)9-7-14/h3,5-9,11,13,18,24H,4,10,12H2,1-2H3/b19-17-. The van der Waals surface area contributed by atoms with Gasteiger partial charge in [0.05, 0.1) is 17.9 Å². The van der Waals surface area contributed by atoms with Gasteiger partial charge in [0.25, 0.3) is 11.7 Å². The first kappa shape index (κ1) is 19.8. The van der Waals surface area contributed by atoms with E-state index >= 15 is 0 Å². The number of halogens is 1. The molecule has 0 spiro atoms. The Labute approximate surface area is 162 Å². The third-order valence-electron chi connectivity index (χ3n) is 4.46. The highest BCUT2D eigenvalue weighted by atomic mass is 19.1. The zero-order chi connectivity index (χ0) is 20.3. The molecule has 0 bridgehead atoms. The number of amides is 1. The van der Waals surface area contributed by atoms with Crippen LogP contribution in [0.5, 0.6) is 0 Å². The van der Waals surface area contributed by atoms with Gasteiger partial charge in [-0.2, -0.15) is 0 Å². The van der Waals surface area contributed by atoms with Crippen molar-refractivity contribution in [3.8, 4) is 0 Å². The number of benzene rings is 1. The number of ether oxygens (including phenoxy) is 1. The molecule has 2 aromatic rings. The molecular weight excluding hydrogens is 365 g/mol. The van der Waals surface area contributed by atoms with Crippen molar-refractivity contribution >= 4 is 17.4 Å². The van der Waals surface area contributed by atoms with Crippen LogP contribution in [0, 0.1) is 5.82 Å². The van der Waals surface area contributed by atoms with Crippen LogP contribution in [0.1, 0.15) is 37.6 Å². The molecule has 1 N–H and O–H groups in total. The Morgan fingerprint density at radius 1 is 1.25 bits per heavy atom. The van der Waals surface area contributed by atoms with E-state index in [4.69, 9.17) is 9.15 Å². The van der Waals surface area contributed by atoms with Crippen LogP contribution < -0.4 is 0 Å². The van der Waals surface area contributed by atoms with Gasteiger partial charge >= 0.3 is 0 Å². The number of nitrogens with zero attached hydrogens (tertiary/aromatic N) is 1. The van der Waals surface area contributed by atoms with Crippen LogP contribution in [0.25, 0.3) is 5.76 Å². The molecule has 6 nitrogen and oxygen atoms in total. The Bertz CT molecular complexity index is 871. The molecule has 0 saturated carbocycles. The first-order valence-electron chi connectivity index (χ1n) is 9.09. The predicted octanol–water partition coefficient (Wildman–Crippen LogP) is 3.66. The maximum atomic E-state index is 13.2. The van der Waals surface area contributed by atoms with Crippen LogP contribution in [0.2, 0.25) is 0 Å². The monoisotopic (exact) mass is 387 g/mol. The summed E-state index contributed by atoms with van der Waals surface area (Å²) in [5.74, 6) is -1.97. The third-order valence-corrected chi connectivity index (χ3v) is 4.46. The van der Waals surface area contributed by atoms with Gasteiger partial charge in [0.1, 0.15) is 23.4 Å². The van der Waals surface area contributed by atoms with E-state index in [-0.39, 0.29) is 29.5 Å². The van der Waals surface area contributed by atoms with Gasteiger partial charge in [-0.1, -0.05) is 0 Å². The van der Waals surface area contributed by atoms with E-state index in [1.54, 1.807) is 12.1 Å². The molecule has 3 rings (SSSR count). The van der Waals surface area contributed by atoms with Crippen molar-refractivity contribution in [2.45, 2.75) is 32.4 Å². The Balaban J connectivity index is 1.96. The normalized spacial score (nSPS) is 19.0. The summed E-state index contributed by atoms with van der Waals surface area (Å²) in [6.07, 6.45) is 2.03. The van der Waals surface area contributed by atoms with Gasteiger partial charge in [0, 0.05) is 18.7 Å². The van der Waals surface area contributed by atoms with E-state index in [0.717, 1.165) is 0 Å². The quantitative estimate of drug-likeness (QED) is 0.339. The van der Waals surface area contributed by atoms with Gasteiger partial charge in [0.15, 0.2) is 0 Å². The zero-order valence-corrected chi connectivity index (χ0v) is 15.7. The van der Waals surface area contributed by atoms with Crippen LogP contribution >= 0.6 is 0 Å². The van der Waals surface area contributed by atoms with Crippen molar-refractivity contribution in [3.63, 3.8) is 0 Å². The summed E-state index contributed by atoms with van der Waals surface area (Å²) in [5.41, 5.74) is 0.176. The number of aliphatic hydroxyl groups is 1. The second kappa shape index (κ2) is 8.39. The van der Waals surface area contributed by atoms with Gasteiger partial charge in [0.2, 0.25) is 0 Å². The number of aliphatic hydroxyl groups excluding tert-OH is 1. The first-order valence-corrected chi connectivity index (χ1v) is 9.09. The fraction of sp³-hybridized carbons (Fsp3) is 0.333. The van der Waals surface area contributed by atoms with Crippen LogP contribution in [0.4, 0.5) is 4.39 Å². The largest absolute Gasteiger partial charge is 0.507 e. The molecule has 1 aliphatic heterocycles. The average molecular weight is 387 g/mol. The number of rotatable bonds is 7. The third kappa shape index (κ3) is 3.99. The van der Waals surface area contributed by atoms with Gasteiger partial charge in [-0.15, -0.1) is 0 Å². The highest BCUT2D eigenvalue weighted by Crippen LogP contribution is 2.39. The fourth-order valence-corrected chi connectivity index (χ4v) is 3.17. The number of likely N-dealkylation sites (tertiary alicyclic amines) is 1. The van der Waals surface area contributed by atoms with E-state index in [1.165, 1.54) is 35.4 Å². The summed E-state index contributed by atoms with van der Waals surface area (Å²) in [6, 6.07) is 7.51. The summed E-state index contributed by atoms with van der Waals surface area (Å²) in [7, 11) is 0. The predicted molar refractivity (Wildman–Crippen MR) is 99.8 cm³/mol. The molecule has 1 fully saturated rings. The highest BCUT2D eigenvalue weighted by Gasteiger charge is 2.47. The number of furan rings is 1. The molecular formula is C21H22FNO5. The summed E-state index contributed by atoms with van der Waals surface area (Å²) >= 11 is 0. The van der Waals surface area contributed by atoms with E-state index in [9.17, 15) is 19.1 Å². The lowest BCUT2D eigenvalue weighted by atomic mass is 9.99. The number of ketones is 1. The highest BCUT2D eigenvalue weighted by molar-refractivity contribution is 6.46. The Kier molecular flexibility index (Phi) is 5.94. The van der Waals surface area contributed by atoms with Crippen molar-refractivity contribution in [1.29, 1.82) is 0 Å². The summed E-state index contributed by atoms with van der Waals surface area (Å²) < 4.78 is 24.1. The molecule has 1 aromatic heterocycles.